The number of methoxy groups -OCH3 is 1. The Morgan fingerprint density at radius 3 is 2.42 bits per heavy atom. The summed E-state index contributed by atoms with van der Waals surface area (Å²) in [6, 6.07) is 25.4. The largest absolute Gasteiger partial charge is 0.507 e. The number of hydrogen-bond acceptors (Lipinski definition) is 6. The van der Waals surface area contributed by atoms with Gasteiger partial charge in [0.1, 0.15) is 38.9 Å². The normalized spacial score (nSPS) is 11.8. The Bertz CT molecular complexity index is 2220. The van der Waals surface area contributed by atoms with E-state index in [0.29, 0.717) is 28.2 Å². The summed E-state index contributed by atoms with van der Waals surface area (Å²) in [6.07, 6.45) is 0. The van der Waals surface area contributed by atoms with Gasteiger partial charge >= 0.3 is 0 Å². The van der Waals surface area contributed by atoms with Gasteiger partial charge in [-0.3, -0.25) is 4.55 Å². The molecule has 5 aromatic carbocycles. The number of rotatable bonds is 4. The first kappa shape index (κ1) is 25.7. The number of aromatic nitrogens is 2. The second kappa shape index (κ2) is 9.27. The third kappa shape index (κ3) is 3.86. The molecule has 0 aliphatic heterocycles. The minimum absolute atomic E-state index is 0. The quantitative estimate of drug-likeness (QED) is 0.188. The van der Waals surface area contributed by atoms with Gasteiger partial charge in [-0.15, -0.1) is 12.4 Å². The van der Waals surface area contributed by atoms with E-state index in [2.05, 4.69) is 4.98 Å². The number of para-hydroxylation sites is 2. The lowest BCUT2D eigenvalue weighted by molar-refractivity contribution is 0.416. The molecule has 0 amide bonds. The number of aromatic hydroxyl groups is 1. The molecule has 0 spiro atoms. The van der Waals surface area contributed by atoms with Gasteiger partial charge in [-0.2, -0.15) is 8.42 Å². The topological polar surface area (TPSA) is 126 Å². The van der Waals surface area contributed by atoms with Crippen LogP contribution in [-0.2, 0) is 10.1 Å². The van der Waals surface area contributed by atoms with Crippen LogP contribution in [0.25, 0.3) is 66.3 Å². The van der Waals surface area contributed by atoms with Crippen molar-refractivity contribution in [2.24, 2.45) is 0 Å². The van der Waals surface area contributed by atoms with E-state index < -0.39 is 10.1 Å². The van der Waals surface area contributed by atoms with Crippen LogP contribution in [0.3, 0.4) is 0 Å². The van der Waals surface area contributed by atoms with E-state index in [1.54, 1.807) is 7.11 Å². The molecule has 2 heterocycles. The highest BCUT2D eigenvalue weighted by Gasteiger charge is 2.22. The zero-order chi connectivity index (χ0) is 26.9. The lowest BCUT2D eigenvalue weighted by Gasteiger charge is -2.10. The molecule has 40 heavy (non-hydrogen) atoms. The maximum absolute atomic E-state index is 12.1. The lowest BCUT2D eigenvalue weighted by atomic mass is 10.0. The summed E-state index contributed by atoms with van der Waals surface area (Å²) in [5, 5.41) is 13.0. The number of H-pyrrole nitrogens is 1. The highest BCUT2D eigenvalue weighted by Crippen LogP contribution is 2.41. The Morgan fingerprint density at radius 2 is 1.62 bits per heavy atom. The van der Waals surface area contributed by atoms with Crippen LogP contribution < -0.4 is 4.74 Å². The van der Waals surface area contributed by atoms with Crippen molar-refractivity contribution < 1.29 is 27.2 Å². The number of fused-ring (bicyclic) bond motifs is 6. The van der Waals surface area contributed by atoms with Crippen molar-refractivity contribution in [2.75, 3.05) is 7.11 Å². The molecular formula is C30H21ClN2O6S. The summed E-state index contributed by atoms with van der Waals surface area (Å²) in [4.78, 5) is 7.50. The van der Waals surface area contributed by atoms with E-state index in [0.717, 1.165) is 33.1 Å². The molecule has 7 rings (SSSR count). The van der Waals surface area contributed by atoms with Gasteiger partial charge in [0.25, 0.3) is 10.1 Å². The molecule has 0 atom stereocenters. The molecule has 0 fully saturated rings. The van der Waals surface area contributed by atoms with Gasteiger partial charge in [0.05, 0.1) is 23.6 Å². The predicted octanol–water partition coefficient (Wildman–Crippen LogP) is 7.33. The molecule has 7 aromatic rings. The van der Waals surface area contributed by atoms with Crippen LogP contribution in [0.5, 0.6) is 11.5 Å². The van der Waals surface area contributed by atoms with Crippen molar-refractivity contribution in [2.45, 2.75) is 4.90 Å². The van der Waals surface area contributed by atoms with Crippen LogP contribution >= 0.6 is 12.4 Å². The smallest absolute Gasteiger partial charge is 0.295 e. The number of hydrogen-bond donors (Lipinski definition) is 3. The molecule has 0 saturated carbocycles. The summed E-state index contributed by atoms with van der Waals surface area (Å²) in [7, 11) is -3.00. The Labute approximate surface area is 234 Å². The van der Waals surface area contributed by atoms with Crippen molar-refractivity contribution >= 4 is 66.3 Å². The molecule has 0 radical (unpaired) electrons. The number of phenolic OH excluding ortho intramolecular Hbond substituents is 1. The molecule has 0 saturated heterocycles. The number of nitrogens with one attached hydrogen (secondary N) is 1. The molecule has 0 bridgehead atoms. The van der Waals surface area contributed by atoms with E-state index in [1.165, 1.54) is 24.3 Å². The summed E-state index contributed by atoms with van der Waals surface area (Å²) < 4.78 is 46.0. The van der Waals surface area contributed by atoms with E-state index in [9.17, 15) is 18.1 Å². The van der Waals surface area contributed by atoms with E-state index in [4.69, 9.17) is 14.1 Å². The average molecular weight is 573 g/mol. The van der Waals surface area contributed by atoms with Gasteiger partial charge in [-0.1, -0.05) is 54.6 Å². The lowest BCUT2D eigenvalue weighted by Crippen LogP contribution is -1.99. The maximum atomic E-state index is 12.1. The Kier molecular flexibility index (Phi) is 5.95. The molecule has 0 aliphatic rings. The zero-order valence-electron chi connectivity index (χ0n) is 20.9. The summed E-state index contributed by atoms with van der Waals surface area (Å²) in [6.45, 7) is 0. The number of phenols is 1. The number of furan rings is 1. The maximum Gasteiger partial charge on any atom is 0.295 e. The molecule has 2 aromatic heterocycles. The number of aromatic amines is 1. The van der Waals surface area contributed by atoms with Crippen LogP contribution in [0.2, 0.25) is 0 Å². The average Bonchev–Trinajstić information content (AvgIpc) is 3.53. The third-order valence-corrected chi connectivity index (χ3v) is 7.90. The number of imidazole rings is 1. The Hall–Kier alpha value is -4.57. The number of ether oxygens (including phenoxy) is 1. The monoisotopic (exact) mass is 572 g/mol. The standard InChI is InChI=1S/C30H20N2O6S.ClH/c1-37-25-14-16(17-7-4-8-19-18-6-2-3-11-24(18)38-29(17)19)12-13-20(25)30-31-22-15-26(39(34,35)36)21-9-5-10-23(33)27(21)28(22)32-30;/h2-15,33H,1H3,(H,31,32)(H,34,35,36);1H. The van der Waals surface area contributed by atoms with Gasteiger partial charge in [-0.25, -0.2) is 4.98 Å². The predicted molar refractivity (Wildman–Crippen MR) is 157 cm³/mol. The van der Waals surface area contributed by atoms with E-state index >= 15 is 0 Å². The molecule has 8 nitrogen and oxygen atoms in total. The molecule has 0 unspecified atom stereocenters. The Morgan fingerprint density at radius 1 is 0.875 bits per heavy atom. The van der Waals surface area contributed by atoms with Gasteiger partial charge in [0, 0.05) is 21.7 Å². The van der Waals surface area contributed by atoms with E-state index in [1.807, 2.05) is 60.7 Å². The SMILES string of the molecule is COc1cc(-c2cccc3c2oc2ccccc23)ccc1-c1nc2c(cc(S(=O)(=O)O)c3cccc(O)c32)[nH]1.Cl. The first-order valence-electron chi connectivity index (χ1n) is 12.0. The number of benzene rings is 5. The Balaban J connectivity index is 0.00000289. The zero-order valence-corrected chi connectivity index (χ0v) is 22.5. The van der Waals surface area contributed by atoms with Crippen LogP contribution in [0.1, 0.15) is 0 Å². The number of halogens is 1. The van der Waals surface area contributed by atoms with Crippen molar-refractivity contribution in [1.29, 1.82) is 0 Å². The van der Waals surface area contributed by atoms with Crippen LogP contribution in [0.4, 0.5) is 0 Å². The van der Waals surface area contributed by atoms with Crippen LogP contribution in [-0.4, -0.2) is 35.2 Å². The summed E-state index contributed by atoms with van der Waals surface area (Å²) in [5.41, 5.74) is 4.71. The van der Waals surface area contributed by atoms with Crippen molar-refractivity contribution in [3.05, 3.63) is 84.9 Å². The summed E-state index contributed by atoms with van der Waals surface area (Å²) in [5.74, 6) is 0.790. The van der Waals surface area contributed by atoms with Gasteiger partial charge in [0.15, 0.2) is 0 Å². The van der Waals surface area contributed by atoms with Gasteiger partial charge < -0.3 is 19.2 Å². The number of nitrogens with zero attached hydrogens (tertiary/aromatic N) is 1. The fourth-order valence-electron chi connectivity index (χ4n) is 5.25. The van der Waals surface area contributed by atoms with Gasteiger partial charge in [0.2, 0.25) is 0 Å². The first-order chi connectivity index (χ1) is 18.8. The minimum atomic E-state index is -4.56. The highest BCUT2D eigenvalue weighted by molar-refractivity contribution is 7.86. The fourth-order valence-corrected chi connectivity index (χ4v) is 5.97. The highest BCUT2D eigenvalue weighted by atomic mass is 35.5. The minimum Gasteiger partial charge on any atom is -0.507 e. The van der Waals surface area contributed by atoms with Crippen LogP contribution in [0.15, 0.2) is 94.2 Å². The van der Waals surface area contributed by atoms with Crippen molar-refractivity contribution in [3.8, 4) is 34.0 Å². The van der Waals surface area contributed by atoms with Gasteiger partial charge in [-0.05, 0) is 35.9 Å². The first-order valence-corrected chi connectivity index (χ1v) is 13.5. The summed E-state index contributed by atoms with van der Waals surface area (Å²) >= 11 is 0. The van der Waals surface area contributed by atoms with Crippen molar-refractivity contribution in [1.82, 2.24) is 9.97 Å². The molecule has 0 aliphatic carbocycles. The molecular weight excluding hydrogens is 552 g/mol. The van der Waals surface area contributed by atoms with Crippen molar-refractivity contribution in [3.63, 3.8) is 0 Å². The second-order valence-electron chi connectivity index (χ2n) is 9.23. The second-order valence-corrected chi connectivity index (χ2v) is 10.6. The fraction of sp³-hybridized carbons (Fsp3) is 0.0333. The molecule has 3 N–H and O–H groups in total. The molecule has 200 valence electrons. The van der Waals surface area contributed by atoms with E-state index in [-0.39, 0.29) is 33.8 Å². The molecule has 10 heteroatoms. The van der Waals surface area contributed by atoms with Crippen LogP contribution in [0, 0.1) is 0 Å². The third-order valence-electron chi connectivity index (χ3n) is 7.00.